The molecule has 214 valence electrons. The first-order valence-electron chi connectivity index (χ1n) is 12.7. The third-order valence-electron chi connectivity index (χ3n) is 7.24. The summed E-state index contributed by atoms with van der Waals surface area (Å²) in [6, 6.07) is 11.1. The van der Waals surface area contributed by atoms with Crippen LogP contribution in [-0.2, 0) is 25.3 Å². The predicted octanol–water partition coefficient (Wildman–Crippen LogP) is 3.49. The van der Waals surface area contributed by atoms with Gasteiger partial charge in [0.25, 0.3) is 5.91 Å². The van der Waals surface area contributed by atoms with Crippen molar-refractivity contribution in [3.05, 3.63) is 74.2 Å². The average molecular weight is 606 g/mol. The van der Waals surface area contributed by atoms with E-state index >= 15 is 0 Å². The van der Waals surface area contributed by atoms with Gasteiger partial charge in [0.2, 0.25) is 11.8 Å². The molecule has 4 heterocycles. The topological polar surface area (TPSA) is 109 Å². The molecule has 0 unspecified atom stereocenters. The second-order valence-electron chi connectivity index (χ2n) is 9.60. The number of nitrogens with one attached hydrogen (secondary N) is 1. The van der Waals surface area contributed by atoms with Crippen molar-refractivity contribution >= 4 is 46.5 Å². The zero-order valence-electron chi connectivity index (χ0n) is 21.2. The molecule has 1 N–H and O–H groups in total. The lowest BCUT2D eigenvalue weighted by Crippen LogP contribution is -2.43. The van der Waals surface area contributed by atoms with Gasteiger partial charge in [-0.25, -0.2) is 4.90 Å². The maximum Gasteiger partial charge on any atom is 0.418 e. The molecule has 3 aliphatic heterocycles. The summed E-state index contributed by atoms with van der Waals surface area (Å²) in [6.07, 6.45) is -4.80. The highest BCUT2D eigenvalue weighted by Crippen LogP contribution is 2.55. The van der Waals surface area contributed by atoms with Crippen molar-refractivity contribution in [1.29, 1.82) is 0 Å². The predicted molar refractivity (Wildman–Crippen MR) is 143 cm³/mol. The van der Waals surface area contributed by atoms with Gasteiger partial charge in [0.1, 0.15) is 11.0 Å². The highest BCUT2D eigenvalue weighted by atomic mass is 32.2. The third-order valence-corrected chi connectivity index (χ3v) is 9.64. The molecule has 0 bridgehead atoms. The van der Waals surface area contributed by atoms with E-state index in [0.717, 1.165) is 35.2 Å². The van der Waals surface area contributed by atoms with Crippen LogP contribution in [0.4, 0.5) is 18.9 Å². The van der Waals surface area contributed by atoms with Crippen molar-refractivity contribution in [2.45, 2.75) is 22.4 Å². The Labute approximate surface area is 239 Å². The molecule has 2 fully saturated rings. The molecule has 1 aromatic heterocycles. The van der Waals surface area contributed by atoms with Gasteiger partial charge in [0.15, 0.2) is 6.61 Å². The molecule has 3 aliphatic rings. The van der Waals surface area contributed by atoms with Gasteiger partial charge in [-0.3, -0.25) is 19.2 Å². The summed E-state index contributed by atoms with van der Waals surface area (Å²) >= 11 is 1.83. The molecular formula is C27H22F3N3O6S2. The fraction of sp³-hybridized carbons (Fsp3) is 0.333. The van der Waals surface area contributed by atoms with E-state index in [0.29, 0.717) is 46.7 Å². The van der Waals surface area contributed by atoms with Gasteiger partial charge < -0.3 is 19.4 Å². The van der Waals surface area contributed by atoms with Crippen LogP contribution < -0.4 is 14.5 Å². The van der Waals surface area contributed by atoms with Crippen molar-refractivity contribution in [2.24, 2.45) is 5.92 Å². The number of nitrogens with zero attached hydrogens (tertiary/aromatic N) is 2. The Balaban J connectivity index is 1.39. The van der Waals surface area contributed by atoms with E-state index in [1.54, 1.807) is 29.2 Å². The summed E-state index contributed by atoms with van der Waals surface area (Å²) in [6.45, 7) is 1.41. The number of thiazole rings is 1. The molecule has 0 radical (unpaired) electrons. The van der Waals surface area contributed by atoms with Crippen LogP contribution in [0.1, 0.15) is 21.9 Å². The molecular weight excluding hydrogens is 583 g/mol. The van der Waals surface area contributed by atoms with Crippen molar-refractivity contribution in [3.63, 3.8) is 0 Å². The van der Waals surface area contributed by atoms with Gasteiger partial charge in [-0.2, -0.15) is 13.2 Å². The number of rotatable bonds is 5. The molecule has 0 saturated carbocycles. The Morgan fingerprint density at radius 1 is 1.02 bits per heavy atom. The zero-order chi connectivity index (χ0) is 28.9. The van der Waals surface area contributed by atoms with Crippen LogP contribution in [0.2, 0.25) is 0 Å². The Bertz CT molecular complexity index is 1580. The maximum absolute atomic E-state index is 13.9. The maximum atomic E-state index is 13.9. The largest absolute Gasteiger partial charge is 0.483 e. The number of carbonyl (C=O) groups excluding carboxylic acids is 3. The number of thioether (sulfide) groups is 1. The zero-order valence-corrected chi connectivity index (χ0v) is 22.8. The summed E-state index contributed by atoms with van der Waals surface area (Å²) in [5, 5.41) is -0.716. The number of fused-ring (bicyclic) bond motifs is 2. The molecule has 0 aliphatic carbocycles. The van der Waals surface area contributed by atoms with Crippen molar-refractivity contribution in [1.82, 2.24) is 9.88 Å². The van der Waals surface area contributed by atoms with Crippen LogP contribution in [-0.4, -0.2) is 65.8 Å². The number of para-hydroxylation sites is 2. The number of aromatic amines is 1. The number of halogens is 3. The van der Waals surface area contributed by atoms with E-state index in [-0.39, 0.29) is 18.3 Å². The monoisotopic (exact) mass is 605 g/mol. The van der Waals surface area contributed by atoms with Crippen LogP contribution in [0.15, 0.2) is 58.4 Å². The first-order valence-corrected chi connectivity index (χ1v) is 14.4. The number of anilines is 1. The summed E-state index contributed by atoms with van der Waals surface area (Å²) in [7, 11) is 0. The number of ether oxygens (including phenoxy) is 2. The Morgan fingerprint density at radius 3 is 2.49 bits per heavy atom. The second-order valence-corrected chi connectivity index (χ2v) is 11.8. The number of aromatic nitrogens is 1. The van der Waals surface area contributed by atoms with E-state index in [9.17, 15) is 32.3 Å². The molecule has 9 nitrogen and oxygen atoms in total. The fourth-order valence-corrected chi connectivity index (χ4v) is 7.92. The second kappa shape index (κ2) is 10.7. The molecule has 41 heavy (non-hydrogen) atoms. The minimum Gasteiger partial charge on any atom is -0.483 e. The van der Waals surface area contributed by atoms with Gasteiger partial charge in [-0.1, -0.05) is 53.4 Å². The van der Waals surface area contributed by atoms with Gasteiger partial charge in [-0.15, -0.1) is 0 Å². The number of alkyl halides is 3. The van der Waals surface area contributed by atoms with Crippen molar-refractivity contribution in [2.75, 3.05) is 37.8 Å². The van der Waals surface area contributed by atoms with Crippen LogP contribution in [0.25, 0.3) is 0 Å². The lowest BCUT2D eigenvalue weighted by Gasteiger charge is -2.31. The van der Waals surface area contributed by atoms with Gasteiger partial charge >= 0.3 is 11.0 Å². The van der Waals surface area contributed by atoms with Gasteiger partial charge in [0, 0.05) is 29.4 Å². The van der Waals surface area contributed by atoms with E-state index in [2.05, 4.69) is 4.98 Å². The fourth-order valence-electron chi connectivity index (χ4n) is 5.41. The molecule has 14 heteroatoms. The minimum atomic E-state index is -4.80. The van der Waals surface area contributed by atoms with E-state index in [1.165, 1.54) is 12.1 Å². The Kier molecular flexibility index (Phi) is 7.16. The number of benzene rings is 2. The van der Waals surface area contributed by atoms with Gasteiger partial charge in [-0.05, 0) is 18.2 Å². The first kappa shape index (κ1) is 27.5. The first-order chi connectivity index (χ1) is 19.6. The standard InChI is InChI=1S/C27H22F3N3O6S2/c28-27(29,30)15-6-2-3-7-16(15)33-24(35)20-19(21-23(31-26(37)41-21)40-22(20)25(33)36)14-5-1-4-8-17(14)39-13-18(34)32-9-11-38-12-10-32/h1-8,19-20,22H,9-13H2,(H,31,37)/t19-,20-,22+/m0/s1. The highest BCUT2D eigenvalue weighted by molar-refractivity contribution is 8.00. The van der Waals surface area contributed by atoms with E-state index in [1.807, 2.05) is 0 Å². The molecule has 6 rings (SSSR count). The summed E-state index contributed by atoms with van der Waals surface area (Å²) in [5.74, 6) is -3.59. The van der Waals surface area contributed by atoms with Crippen LogP contribution in [0, 0.1) is 5.92 Å². The number of carbonyl (C=O) groups is 3. The number of morpholine rings is 1. The van der Waals surface area contributed by atoms with Crippen LogP contribution >= 0.6 is 23.1 Å². The lowest BCUT2D eigenvalue weighted by molar-refractivity contribution is -0.138. The molecule has 2 saturated heterocycles. The van der Waals surface area contributed by atoms with Crippen molar-refractivity contribution in [3.8, 4) is 5.75 Å². The van der Waals surface area contributed by atoms with Crippen LogP contribution in [0.3, 0.4) is 0 Å². The number of hydrogen-bond acceptors (Lipinski definition) is 8. The highest BCUT2D eigenvalue weighted by Gasteiger charge is 2.57. The van der Waals surface area contributed by atoms with Crippen molar-refractivity contribution < 1.29 is 37.0 Å². The normalized spacial score (nSPS) is 22.5. The average Bonchev–Trinajstić information content (AvgIpc) is 3.46. The summed E-state index contributed by atoms with van der Waals surface area (Å²) in [5.41, 5.74) is -1.20. The molecule has 3 atom stereocenters. The van der Waals surface area contributed by atoms with E-state index in [4.69, 9.17) is 9.47 Å². The molecule has 3 aromatic rings. The minimum absolute atomic E-state index is 0.255. The summed E-state index contributed by atoms with van der Waals surface area (Å²) in [4.78, 5) is 57.7. The van der Waals surface area contributed by atoms with E-state index < -0.39 is 51.2 Å². The smallest absolute Gasteiger partial charge is 0.418 e. The van der Waals surface area contributed by atoms with Gasteiger partial charge in [0.05, 0.1) is 35.4 Å². The number of amides is 3. The third kappa shape index (κ3) is 4.93. The summed E-state index contributed by atoms with van der Waals surface area (Å²) < 4.78 is 52.8. The van der Waals surface area contributed by atoms with Crippen LogP contribution in [0.5, 0.6) is 5.75 Å². The lowest BCUT2D eigenvalue weighted by atomic mass is 9.82. The molecule has 0 spiro atoms. The quantitative estimate of drug-likeness (QED) is 0.444. The molecule has 2 aromatic carbocycles. The number of hydrogen-bond donors (Lipinski definition) is 1. The molecule has 3 amide bonds. The Hall–Kier alpha value is -3.62. The SMILES string of the molecule is O=C(COc1ccccc1[C@@H]1c2sc(=O)[nH]c2S[C@H]2C(=O)N(c3ccccc3C(F)(F)F)C(=O)[C@@H]12)N1CCOCC1. The number of H-pyrrole nitrogens is 1. The Morgan fingerprint density at radius 2 is 1.73 bits per heavy atom. The number of imide groups is 1.